The minimum absolute atomic E-state index is 0.00684. The zero-order valence-electron chi connectivity index (χ0n) is 17.0. The lowest BCUT2D eigenvalue weighted by Gasteiger charge is -2.34. The first-order valence-corrected chi connectivity index (χ1v) is 9.67. The Labute approximate surface area is 166 Å². The van der Waals surface area contributed by atoms with E-state index in [1.807, 2.05) is 11.8 Å². The Kier molecular flexibility index (Phi) is 9.03. The average molecular weight is 393 g/mol. The van der Waals surface area contributed by atoms with Gasteiger partial charge in [0, 0.05) is 52.0 Å². The van der Waals surface area contributed by atoms with Crippen molar-refractivity contribution < 1.29 is 23.8 Å². The molecule has 0 unspecified atom stereocenters. The molecular formula is C20H31N3O5. The minimum Gasteiger partial charge on any atom is -0.493 e. The summed E-state index contributed by atoms with van der Waals surface area (Å²) in [6.45, 7) is 6.52. The number of carbonyl (C=O) groups is 2. The van der Waals surface area contributed by atoms with Crippen LogP contribution in [0.2, 0.25) is 0 Å². The van der Waals surface area contributed by atoms with Crippen molar-refractivity contribution in [2.75, 3.05) is 66.7 Å². The van der Waals surface area contributed by atoms with E-state index in [4.69, 9.17) is 14.2 Å². The maximum Gasteiger partial charge on any atom is 0.254 e. The van der Waals surface area contributed by atoms with Crippen molar-refractivity contribution in [3.8, 4) is 11.5 Å². The van der Waals surface area contributed by atoms with Crippen molar-refractivity contribution in [3.63, 3.8) is 0 Å². The summed E-state index contributed by atoms with van der Waals surface area (Å²) in [4.78, 5) is 28.7. The van der Waals surface area contributed by atoms with Gasteiger partial charge in [-0.3, -0.25) is 14.5 Å². The number of nitrogens with one attached hydrogen (secondary N) is 1. The van der Waals surface area contributed by atoms with E-state index in [0.717, 1.165) is 6.42 Å². The Balaban J connectivity index is 1.83. The maximum absolute atomic E-state index is 12.8. The highest BCUT2D eigenvalue weighted by Gasteiger charge is 2.24. The molecule has 0 aromatic heterocycles. The molecule has 1 aromatic rings. The summed E-state index contributed by atoms with van der Waals surface area (Å²) < 4.78 is 15.8. The van der Waals surface area contributed by atoms with Crippen LogP contribution in [0.5, 0.6) is 11.5 Å². The molecule has 1 saturated heterocycles. The number of benzene rings is 1. The quantitative estimate of drug-likeness (QED) is 0.598. The molecule has 0 aliphatic carbocycles. The third kappa shape index (κ3) is 6.38. The van der Waals surface area contributed by atoms with Crippen LogP contribution in [0, 0.1) is 0 Å². The van der Waals surface area contributed by atoms with Crippen LogP contribution >= 0.6 is 0 Å². The minimum atomic E-state index is -0.0349. The van der Waals surface area contributed by atoms with E-state index in [9.17, 15) is 9.59 Å². The summed E-state index contributed by atoms with van der Waals surface area (Å²) in [6.07, 6.45) is 0.802. The van der Waals surface area contributed by atoms with Gasteiger partial charge in [-0.2, -0.15) is 0 Å². The summed E-state index contributed by atoms with van der Waals surface area (Å²) >= 11 is 0. The smallest absolute Gasteiger partial charge is 0.254 e. The molecule has 156 valence electrons. The Morgan fingerprint density at radius 2 is 1.86 bits per heavy atom. The topological polar surface area (TPSA) is 80.3 Å². The van der Waals surface area contributed by atoms with Crippen molar-refractivity contribution in [3.05, 3.63) is 23.8 Å². The molecular weight excluding hydrogens is 362 g/mol. The van der Waals surface area contributed by atoms with Gasteiger partial charge in [-0.05, 0) is 31.5 Å². The Bertz CT molecular complexity index is 645. The Hall–Kier alpha value is -2.32. The van der Waals surface area contributed by atoms with E-state index >= 15 is 0 Å². The van der Waals surface area contributed by atoms with Crippen LogP contribution in [0.3, 0.4) is 0 Å². The predicted molar refractivity (Wildman–Crippen MR) is 106 cm³/mol. The number of hydrogen-bond donors (Lipinski definition) is 1. The van der Waals surface area contributed by atoms with E-state index in [1.54, 1.807) is 32.4 Å². The highest BCUT2D eigenvalue weighted by Crippen LogP contribution is 2.28. The highest BCUT2D eigenvalue weighted by molar-refractivity contribution is 5.95. The van der Waals surface area contributed by atoms with E-state index in [0.29, 0.717) is 69.5 Å². The summed E-state index contributed by atoms with van der Waals surface area (Å²) in [5.74, 6) is 1.15. The number of piperazine rings is 1. The second-order valence-electron chi connectivity index (χ2n) is 6.56. The molecule has 0 atom stereocenters. The van der Waals surface area contributed by atoms with Crippen LogP contribution in [0.25, 0.3) is 0 Å². The van der Waals surface area contributed by atoms with Crippen LogP contribution in [0.1, 0.15) is 23.7 Å². The fraction of sp³-hybridized carbons (Fsp3) is 0.600. The zero-order chi connectivity index (χ0) is 20.4. The van der Waals surface area contributed by atoms with Crippen molar-refractivity contribution in [1.82, 2.24) is 15.1 Å². The first-order valence-electron chi connectivity index (χ1n) is 9.67. The number of ether oxygens (including phenoxy) is 3. The van der Waals surface area contributed by atoms with Crippen LogP contribution in [-0.4, -0.2) is 88.3 Å². The molecule has 0 bridgehead atoms. The van der Waals surface area contributed by atoms with Gasteiger partial charge in [0.2, 0.25) is 5.91 Å². The molecule has 1 fully saturated rings. The molecule has 0 spiro atoms. The number of carbonyl (C=O) groups excluding carboxylic acids is 2. The number of hydrogen-bond acceptors (Lipinski definition) is 6. The summed E-state index contributed by atoms with van der Waals surface area (Å²) in [5, 5.41) is 2.89. The molecule has 0 saturated carbocycles. The third-order valence-electron chi connectivity index (χ3n) is 4.58. The number of amides is 2. The summed E-state index contributed by atoms with van der Waals surface area (Å²) in [7, 11) is 3.22. The molecule has 8 nitrogen and oxygen atoms in total. The van der Waals surface area contributed by atoms with E-state index in [2.05, 4.69) is 10.2 Å². The molecule has 8 heteroatoms. The second-order valence-corrected chi connectivity index (χ2v) is 6.56. The number of nitrogens with zero attached hydrogens (tertiary/aromatic N) is 2. The van der Waals surface area contributed by atoms with Gasteiger partial charge in [0.15, 0.2) is 11.5 Å². The van der Waals surface area contributed by atoms with Crippen LogP contribution in [-0.2, 0) is 9.53 Å². The fourth-order valence-corrected chi connectivity index (χ4v) is 3.07. The number of methoxy groups -OCH3 is 2. The molecule has 28 heavy (non-hydrogen) atoms. The van der Waals surface area contributed by atoms with Crippen molar-refractivity contribution >= 4 is 11.8 Å². The fourth-order valence-electron chi connectivity index (χ4n) is 3.07. The van der Waals surface area contributed by atoms with Crippen molar-refractivity contribution in [1.29, 1.82) is 0 Å². The Morgan fingerprint density at radius 3 is 2.50 bits per heavy atom. The first-order chi connectivity index (χ1) is 13.6. The molecule has 1 N–H and O–H groups in total. The van der Waals surface area contributed by atoms with Gasteiger partial charge in [-0.15, -0.1) is 0 Å². The van der Waals surface area contributed by atoms with E-state index < -0.39 is 0 Å². The average Bonchev–Trinajstić information content (AvgIpc) is 2.71. The van der Waals surface area contributed by atoms with Gasteiger partial charge in [-0.1, -0.05) is 0 Å². The molecule has 2 amide bonds. The molecule has 1 aromatic carbocycles. The van der Waals surface area contributed by atoms with E-state index in [1.165, 1.54) is 0 Å². The Morgan fingerprint density at radius 1 is 1.11 bits per heavy atom. The van der Waals surface area contributed by atoms with Crippen LogP contribution in [0.15, 0.2) is 18.2 Å². The van der Waals surface area contributed by atoms with Crippen molar-refractivity contribution in [2.45, 2.75) is 13.3 Å². The molecule has 1 heterocycles. The van der Waals surface area contributed by atoms with Gasteiger partial charge in [0.1, 0.15) is 0 Å². The normalized spacial score (nSPS) is 14.6. The monoisotopic (exact) mass is 393 g/mol. The summed E-state index contributed by atoms with van der Waals surface area (Å²) in [6, 6.07) is 5.23. The molecule has 2 rings (SSSR count). The SMILES string of the molecule is CCOc1cc(C(=O)N2CCN(CC(=O)NCCCOC)CC2)ccc1OC. The number of rotatable bonds is 10. The molecule has 1 aliphatic heterocycles. The lowest BCUT2D eigenvalue weighted by Crippen LogP contribution is -2.51. The predicted octanol–water partition coefficient (Wildman–Crippen LogP) is 1.00. The van der Waals surface area contributed by atoms with Gasteiger partial charge in [-0.25, -0.2) is 0 Å². The summed E-state index contributed by atoms with van der Waals surface area (Å²) in [5.41, 5.74) is 0.577. The largest absolute Gasteiger partial charge is 0.493 e. The van der Waals surface area contributed by atoms with Gasteiger partial charge >= 0.3 is 0 Å². The van der Waals surface area contributed by atoms with Crippen LogP contribution < -0.4 is 14.8 Å². The molecule has 0 radical (unpaired) electrons. The lowest BCUT2D eigenvalue weighted by atomic mass is 10.1. The van der Waals surface area contributed by atoms with Crippen LogP contribution in [0.4, 0.5) is 0 Å². The first kappa shape index (κ1) is 22.0. The standard InChI is InChI=1S/C20H31N3O5/c1-4-28-18-14-16(6-7-17(18)27-3)20(25)23-11-9-22(10-12-23)15-19(24)21-8-5-13-26-2/h6-7,14H,4-5,8-13,15H2,1-3H3,(H,21,24). The lowest BCUT2D eigenvalue weighted by molar-refractivity contribution is -0.122. The second kappa shape index (κ2) is 11.5. The maximum atomic E-state index is 12.8. The van der Waals surface area contributed by atoms with Gasteiger partial charge in [0.25, 0.3) is 5.91 Å². The van der Waals surface area contributed by atoms with Gasteiger partial charge in [0.05, 0.1) is 20.3 Å². The zero-order valence-corrected chi connectivity index (χ0v) is 17.0. The van der Waals surface area contributed by atoms with E-state index in [-0.39, 0.29) is 11.8 Å². The highest BCUT2D eigenvalue weighted by atomic mass is 16.5. The molecule has 1 aliphatic rings. The van der Waals surface area contributed by atoms with Crippen molar-refractivity contribution in [2.24, 2.45) is 0 Å². The third-order valence-corrected chi connectivity index (χ3v) is 4.58. The van der Waals surface area contributed by atoms with Gasteiger partial charge < -0.3 is 24.4 Å².